The maximum absolute atomic E-state index is 12.2. The standard InChI is InChI=1S/C23H24N2O2/c1-2-18-8-10-19(11-9-18)16-25-23(26)14-20-5-3-7-22(13-20)27-17-21-6-4-12-24-15-21/h3-13,15H,2,14,16-17H2,1H3,(H,25,26). The van der Waals surface area contributed by atoms with E-state index in [1.165, 1.54) is 5.56 Å². The van der Waals surface area contributed by atoms with Gasteiger partial charge in [0.25, 0.3) is 0 Å². The van der Waals surface area contributed by atoms with E-state index in [0.717, 1.165) is 28.9 Å². The van der Waals surface area contributed by atoms with Crippen LogP contribution in [0.3, 0.4) is 0 Å². The lowest BCUT2D eigenvalue weighted by molar-refractivity contribution is -0.120. The minimum absolute atomic E-state index is 0.000947. The lowest BCUT2D eigenvalue weighted by Gasteiger charge is -2.09. The Morgan fingerprint density at radius 2 is 1.74 bits per heavy atom. The summed E-state index contributed by atoms with van der Waals surface area (Å²) in [4.78, 5) is 16.3. The van der Waals surface area contributed by atoms with E-state index >= 15 is 0 Å². The van der Waals surface area contributed by atoms with Gasteiger partial charge in [-0.3, -0.25) is 9.78 Å². The fraction of sp³-hybridized carbons (Fsp3) is 0.217. The van der Waals surface area contributed by atoms with E-state index in [1.54, 1.807) is 12.4 Å². The van der Waals surface area contributed by atoms with Crippen molar-refractivity contribution in [2.24, 2.45) is 0 Å². The SMILES string of the molecule is CCc1ccc(CNC(=O)Cc2cccc(OCc3cccnc3)c2)cc1. The molecular weight excluding hydrogens is 336 g/mol. The molecule has 138 valence electrons. The predicted octanol–water partition coefficient (Wildman–Crippen LogP) is 4.08. The molecule has 0 saturated carbocycles. The molecule has 1 heterocycles. The van der Waals surface area contributed by atoms with Gasteiger partial charge in [-0.05, 0) is 41.3 Å². The van der Waals surface area contributed by atoms with Crippen molar-refractivity contribution >= 4 is 5.91 Å². The van der Waals surface area contributed by atoms with Crippen LogP contribution in [0.5, 0.6) is 5.75 Å². The number of hydrogen-bond donors (Lipinski definition) is 1. The highest BCUT2D eigenvalue weighted by Gasteiger charge is 2.05. The summed E-state index contributed by atoms with van der Waals surface area (Å²) in [6, 6.07) is 19.8. The maximum atomic E-state index is 12.2. The summed E-state index contributed by atoms with van der Waals surface area (Å²) in [6.07, 6.45) is 4.87. The molecule has 0 unspecified atom stereocenters. The lowest BCUT2D eigenvalue weighted by atomic mass is 10.1. The third-order valence-electron chi connectivity index (χ3n) is 4.31. The number of ether oxygens (including phenoxy) is 1. The van der Waals surface area contributed by atoms with E-state index in [-0.39, 0.29) is 5.91 Å². The first kappa shape index (κ1) is 18.6. The van der Waals surface area contributed by atoms with Crippen LogP contribution in [0, 0.1) is 0 Å². The molecule has 1 amide bonds. The Labute approximate surface area is 160 Å². The van der Waals surface area contributed by atoms with E-state index in [2.05, 4.69) is 41.5 Å². The van der Waals surface area contributed by atoms with Crippen LogP contribution in [-0.2, 0) is 30.8 Å². The van der Waals surface area contributed by atoms with Crippen molar-refractivity contribution in [1.82, 2.24) is 10.3 Å². The summed E-state index contributed by atoms with van der Waals surface area (Å²) in [6.45, 7) is 3.13. The van der Waals surface area contributed by atoms with Crippen LogP contribution in [0.25, 0.3) is 0 Å². The van der Waals surface area contributed by atoms with Crippen molar-refractivity contribution in [2.75, 3.05) is 0 Å². The van der Waals surface area contributed by atoms with E-state index in [1.807, 2.05) is 36.4 Å². The molecule has 0 aliphatic rings. The van der Waals surface area contributed by atoms with Crippen LogP contribution >= 0.6 is 0 Å². The third kappa shape index (κ3) is 5.96. The van der Waals surface area contributed by atoms with Crippen LogP contribution in [0.4, 0.5) is 0 Å². The zero-order chi connectivity index (χ0) is 18.9. The Balaban J connectivity index is 1.50. The average Bonchev–Trinajstić information content (AvgIpc) is 2.72. The number of rotatable bonds is 8. The molecule has 0 aliphatic carbocycles. The number of aryl methyl sites for hydroxylation is 1. The van der Waals surface area contributed by atoms with Crippen molar-refractivity contribution in [3.63, 3.8) is 0 Å². The predicted molar refractivity (Wildman–Crippen MR) is 106 cm³/mol. The molecule has 0 radical (unpaired) electrons. The van der Waals surface area contributed by atoms with Gasteiger partial charge in [0.15, 0.2) is 0 Å². The Bertz CT molecular complexity index is 861. The molecule has 3 rings (SSSR count). The van der Waals surface area contributed by atoms with Crippen molar-refractivity contribution < 1.29 is 9.53 Å². The topological polar surface area (TPSA) is 51.2 Å². The van der Waals surface area contributed by atoms with Crippen LogP contribution in [0.1, 0.15) is 29.2 Å². The summed E-state index contributed by atoms with van der Waals surface area (Å²) in [7, 11) is 0. The van der Waals surface area contributed by atoms with Crippen LogP contribution in [0.2, 0.25) is 0 Å². The van der Waals surface area contributed by atoms with Crippen molar-refractivity contribution in [2.45, 2.75) is 32.9 Å². The van der Waals surface area contributed by atoms with Gasteiger partial charge in [-0.2, -0.15) is 0 Å². The largest absolute Gasteiger partial charge is 0.489 e. The van der Waals surface area contributed by atoms with Gasteiger partial charge in [0.05, 0.1) is 6.42 Å². The summed E-state index contributed by atoms with van der Waals surface area (Å²) in [5.74, 6) is 0.748. The molecular formula is C23H24N2O2. The highest BCUT2D eigenvalue weighted by molar-refractivity contribution is 5.78. The number of nitrogens with zero attached hydrogens (tertiary/aromatic N) is 1. The van der Waals surface area contributed by atoms with Crippen molar-refractivity contribution in [1.29, 1.82) is 0 Å². The summed E-state index contributed by atoms with van der Waals surface area (Å²) in [5.41, 5.74) is 4.34. The number of amides is 1. The third-order valence-corrected chi connectivity index (χ3v) is 4.31. The molecule has 0 aliphatic heterocycles. The van der Waals surface area contributed by atoms with Gasteiger partial charge in [-0.15, -0.1) is 0 Å². The van der Waals surface area contributed by atoms with Gasteiger partial charge >= 0.3 is 0 Å². The second-order valence-electron chi connectivity index (χ2n) is 6.42. The van der Waals surface area contributed by atoms with Gasteiger partial charge in [0.1, 0.15) is 12.4 Å². The molecule has 0 atom stereocenters. The summed E-state index contributed by atoms with van der Waals surface area (Å²) < 4.78 is 5.79. The highest BCUT2D eigenvalue weighted by atomic mass is 16.5. The van der Waals surface area contributed by atoms with Gasteiger partial charge in [0.2, 0.25) is 5.91 Å². The molecule has 0 saturated heterocycles. The van der Waals surface area contributed by atoms with Crippen LogP contribution < -0.4 is 10.1 Å². The minimum Gasteiger partial charge on any atom is -0.489 e. The zero-order valence-corrected chi connectivity index (χ0v) is 15.5. The van der Waals surface area contributed by atoms with Crippen molar-refractivity contribution in [3.8, 4) is 5.75 Å². The number of pyridine rings is 1. The van der Waals surface area contributed by atoms with Crippen molar-refractivity contribution in [3.05, 3.63) is 95.3 Å². The van der Waals surface area contributed by atoms with E-state index in [0.29, 0.717) is 19.6 Å². The first-order valence-corrected chi connectivity index (χ1v) is 9.18. The Morgan fingerprint density at radius 1 is 0.963 bits per heavy atom. The van der Waals surface area contributed by atoms with Gasteiger partial charge in [0, 0.05) is 24.5 Å². The first-order valence-electron chi connectivity index (χ1n) is 9.18. The fourth-order valence-corrected chi connectivity index (χ4v) is 2.74. The van der Waals surface area contributed by atoms with E-state index in [9.17, 15) is 4.79 Å². The Hall–Kier alpha value is -3.14. The van der Waals surface area contributed by atoms with Crippen LogP contribution in [-0.4, -0.2) is 10.9 Å². The highest BCUT2D eigenvalue weighted by Crippen LogP contribution is 2.15. The number of carbonyl (C=O) groups excluding carboxylic acids is 1. The maximum Gasteiger partial charge on any atom is 0.224 e. The first-order chi connectivity index (χ1) is 13.2. The Morgan fingerprint density at radius 3 is 2.48 bits per heavy atom. The zero-order valence-electron chi connectivity index (χ0n) is 15.5. The molecule has 4 nitrogen and oxygen atoms in total. The fourth-order valence-electron chi connectivity index (χ4n) is 2.74. The minimum atomic E-state index is -0.000947. The monoisotopic (exact) mass is 360 g/mol. The average molecular weight is 360 g/mol. The van der Waals surface area contributed by atoms with Gasteiger partial charge in [-0.1, -0.05) is 49.4 Å². The molecule has 3 aromatic rings. The smallest absolute Gasteiger partial charge is 0.224 e. The van der Waals surface area contributed by atoms with E-state index < -0.39 is 0 Å². The summed E-state index contributed by atoms with van der Waals surface area (Å²) >= 11 is 0. The second kappa shape index (κ2) is 9.53. The van der Waals surface area contributed by atoms with Crippen LogP contribution in [0.15, 0.2) is 73.1 Å². The molecule has 27 heavy (non-hydrogen) atoms. The molecule has 4 heteroatoms. The number of aromatic nitrogens is 1. The number of nitrogens with one attached hydrogen (secondary N) is 1. The van der Waals surface area contributed by atoms with E-state index in [4.69, 9.17) is 4.74 Å². The molecule has 1 aromatic heterocycles. The molecule has 0 bridgehead atoms. The lowest BCUT2D eigenvalue weighted by Crippen LogP contribution is -2.24. The van der Waals surface area contributed by atoms with Gasteiger partial charge < -0.3 is 10.1 Å². The second-order valence-corrected chi connectivity index (χ2v) is 6.42. The Kier molecular flexibility index (Phi) is 6.58. The quantitative estimate of drug-likeness (QED) is 0.658. The molecule has 2 aromatic carbocycles. The number of hydrogen-bond acceptors (Lipinski definition) is 3. The summed E-state index contributed by atoms with van der Waals surface area (Å²) in [5, 5.41) is 2.97. The molecule has 1 N–H and O–H groups in total. The van der Waals surface area contributed by atoms with Gasteiger partial charge in [-0.25, -0.2) is 0 Å². The normalized spacial score (nSPS) is 10.4. The molecule has 0 fully saturated rings. The number of carbonyl (C=O) groups is 1. The number of benzene rings is 2. The molecule has 0 spiro atoms.